The first kappa shape index (κ1) is 18.8. The first-order chi connectivity index (χ1) is 10.6. The van der Waals surface area contributed by atoms with E-state index in [2.05, 4.69) is 5.32 Å². The zero-order valence-electron chi connectivity index (χ0n) is 14.8. The number of benzene rings is 1. The molecule has 1 rings (SSSR count). The lowest BCUT2D eigenvalue weighted by molar-refractivity contribution is -0.116. The number of hydrogen-bond donors (Lipinski definition) is 1. The number of nitrogens with zero attached hydrogens (tertiary/aromatic N) is 2. The van der Waals surface area contributed by atoms with Crippen LogP contribution in [0.15, 0.2) is 24.3 Å². The van der Waals surface area contributed by atoms with Crippen LogP contribution >= 0.6 is 0 Å². The van der Waals surface area contributed by atoms with E-state index in [0.717, 1.165) is 11.4 Å². The molecule has 0 aliphatic heterocycles. The number of carbonyl (C=O) groups excluding carboxylic acids is 2. The monoisotopic (exact) mass is 321 g/mol. The average Bonchev–Trinajstić information content (AvgIpc) is 2.41. The average molecular weight is 321 g/mol. The van der Waals surface area contributed by atoms with E-state index in [-0.39, 0.29) is 5.91 Å². The number of anilines is 2. The van der Waals surface area contributed by atoms with Gasteiger partial charge in [0.15, 0.2) is 0 Å². The molecule has 0 unspecified atom stereocenters. The molecule has 0 bridgehead atoms. The van der Waals surface area contributed by atoms with E-state index >= 15 is 0 Å². The van der Waals surface area contributed by atoms with Gasteiger partial charge in [-0.2, -0.15) is 0 Å². The molecule has 0 saturated heterocycles. The molecule has 6 nitrogen and oxygen atoms in total. The van der Waals surface area contributed by atoms with E-state index in [4.69, 9.17) is 4.74 Å². The van der Waals surface area contributed by atoms with Crippen LogP contribution in [0.4, 0.5) is 16.2 Å². The molecule has 0 radical (unpaired) electrons. The van der Waals surface area contributed by atoms with Gasteiger partial charge < -0.3 is 19.9 Å². The lowest BCUT2D eigenvalue weighted by Gasteiger charge is -2.23. The summed E-state index contributed by atoms with van der Waals surface area (Å²) >= 11 is 0. The van der Waals surface area contributed by atoms with Gasteiger partial charge in [0, 0.05) is 45.5 Å². The molecule has 23 heavy (non-hydrogen) atoms. The van der Waals surface area contributed by atoms with E-state index in [1.54, 1.807) is 25.7 Å². The third-order valence-electron chi connectivity index (χ3n) is 3.06. The lowest BCUT2D eigenvalue weighted by Crippen LogP contribution is -2.39. The molecule has 0 atom stereocenters. The van der Waals surface area contributed by atoms with Crippen LogP contribution in [0.3, 0.4) is 0 Å². The molecular formula is C17H27N3O3. The highest BCUT2D eigenvalue weighted by Crippen LogP contribution is 2.19. The van der Waals surface area contributed by atoms with Crippen molar-refractivity contribution in [3.63, 3.8) is 0 Å². The molecule has 2 amide bonds. The minimum Gasteiger partial charge on any atom is -0.444 e. The predicted molar refractivity (Wildman–Crippen MR) is 93.0 cm³/mol. The smallest absolute Gasteiger partial charge is 0.407 e. The fourth-order valence-electron chi connectivity index (χ4n) is 1.98. The Balaban J connectivity index is 2.62. The van der Waals surface area contributed by atoms with Crippen molar-refractivity contribution in [1.29, 1.82) is 0 Å². The first-order valence-electron chi connectivity index (χ1n) is 7.62. The Hall–Kier alpha value is -2.24. The summed E-state index contributed by atoms with van der Waals surface area (Å²) in [6.07, 6.45) is -0.482. The number of carbonyl (C=O) groups is 2. The molecule has 0 saturated carbocycles. The number of amides is 2. The molecule has 0 spiro atoms. The summed E-state index contributed by atoms with van der Waals surface area (Å²) in [6, 6.07) is 7.69. The molecule has 0 fully saturated rings. The summed E-state index contributed by atoms with van der Waals surface area (Å²) < 4.78 is 5.17. The number of rotatable bonds is 5. The first-order valence-corrected chi connectivity index (χ1v) is 7.62. The molecule has 1 aromatic rings. The summed E-state index contributed by atoms with van der Waals surface area (Å²) in [5.41, 5.74) is 1.32. The second-order valence-electron chi connectivity index (χ2n) is 6.51. The Morgan fingerprint density at radius 2 is 1.61 bits per heavy atom. The number of nitrogens with one attached hydrogen (secondary N) is 1. The van der Waals surface area contributed by atoms with Gasteiger partial charge in [-0.3, -0.25) is 4.79 Å². The maximum absolute atomic E-state index is 11.8. The quantitative estimate of drug-likeness (QED) is 0.905. The van der Waals surface area contributed by atoms with Crippen LogP contribution in [-0.4, -0.2) is 44.8 Å². The van der Waals surface area contributed by atoms with Gasteiger partial charge in [-0.15, -0.1) is 0 Å². The van der Waals surface area contributed by atoms with Gasteiger partial charge in [0.1, 0.15) is 5.60 Å². The predicted octanol–water partition coefficient (Wildman–Crippen LogP) is 2.63. The standard InChI is InChI=1S/C17H27N3O3/c1-13(21)20(12-11-18-16(22)23-17(2,3)4)15-9-7-14(8-10-15)19(5)6/h7-10H,11-12H2,1-6H3,(H,18,22). The van der Waals surface area contributed by atoms with Crippen LogP contribution in [0.25, 0.3) is 0 Å². The van der Waals surface area contributed by atoms with E-state index in [1.807, 2.05) is 43.3 Å². The van der Waals surface area contributed by atoms with Crippen molar-refractivity contribution in [3.05, 3.63) is 24.3 Å². The number of ether oxygens (including phenoxy) is 1. The molecular weight excluding hydrogens is 294 g/mol. The molecule has 1 N–H and O–H groups in total. The van der Waals surface area contributed by atoms with E-state index in [0.29, 0.717) is 13.1 Å². The lowest BCUT2D eigenvalue weighted by atomic mass is 10.2. The summed E-state index contributed by atoms with van der Waals surface area (Å²) in [5.74, 6) is -0.0754. The highest BCUT2D eigenvalue weighted by Gasteiger charge is 2.17. The van der Waals surface area contributed by atoms with Crippen LogP contribution in [0.1, 0.15) is 27.7 Å². The van der Waals surface area contributed by atoms with Crippen LogP contribution in [0, 0.1) is 0 Å². The SMILES string of the molecule is CC(=O)N(CCNC(=O)OC(C)(C)C)c1ccc(N(C)C)cc1. The Bertz CT molecular complexity index is 533. The van der Waals surface area contributed by atoms with Gasteiger partial charge in [0.05, 0.1) is 0 Å². The van der Waals surface area contributed by atoms with Crippen molar-refractivity contribution in [2.45, 2.75) is 33.3 Å². The van der Waals surface area contributed by atoms with Crippen molar-refractivity contribution >= 4 is 23.4 Å². The topological polar surface area (TPSA) is 61.9 Å². The fourth-order valence-corrected chi connectivity index (χ4v) is 1.98. The minimum atomic E-state index is -0.535. The largest absolute Gasteiger partial charge is 0.444 e. The highest BCUT2D eigenvalue weighted by molar-refractivity contribution is 5.91. The van der Waals surface area contributed by atoms with Crippen molar-refractivity contribution < 1.29 is 14.3 Å². The van der Waals surface area contributed by atoms with Crippen LogP contribution in [0.5, 0.6) is 0 Å². The van der Waals surface area contributed by atoms with E-state index in [1.165, 1.54) is 6.92 Å². The van der Waals surface area contributed by atoms with Gasteiger partial charge in [0.2, 0.25) is 5.91 Å². The van der Waals surface area contributed by atoms with Crippen molar-refractivity contribution in [1.82, 2.24) is 5.32 Å². The third-order valence-corrected chi connectivity index (χ3v) is 3.06. The number of hydrogen-bond acceptors (Lipinski definition) is 4. The molecule has 0 aromatic heterocycles. The fraction of sp³-hybridized carbons (Fsp3) is 0.529. The van der Waals surface area contributed by atoms with Crippen LogP contribution < -0.4 is 15.1 Å². The van der Waals surface area contributed by atoms with Gasteiger partial charge in [-0.1, -0.05) is 0 Å². The van der Waals surface area contributed by atoms with Crippen molar-refractivity contribution in [2.75, 3.05) is 37.0 Å². The second kappa shape index (κ2) is 7.85. The van der Waals surface area contributed by atoms with Gasteiger partial charge in [-0.05, 0) is 45.0 Å². The summed E-state index contributed by atoms with van der Waals surface area (Å²) in [4.78, 5) is 27.1. The Morgan fingerprint density at radius 1 is 1.09 bits per heavy atom. The highest BCUT2D eigenvalue weighted by atomic mass is 16.6. The maximum Gasteiger partial charge on any atom is 0.407 e. The van der Waals surface area contributed by atoms with E-state index in [9.17, 15) is 9.59 Å². The molecule has 6 heteroatoms. The third kappa shape index (κ3) is 6.59. The van der Waals surface area contributed by atoms with E-state index < -0.39 is 11.7 Å². The van der Waals surface area contributed by atoms with Gasteiger partial charge >= 0.3 is 6.09 Å². The van der Waals surface area contributed by atoms with Crippen molar-refractivity contribution in [3.8, 4) is 0 Å². The molecule has 0 aliphatic carbocycles. The Kier molecular flexibility index (Phi) is 6.42. The van der Waals surface area contributed by atoms with Crippen LogP contribution in [-0.2, 0) is 9.53 Å². The zero-order chi connectivity index (χ0) is 17.6. The molecule has 128 valence electrons. The van der Waals surface area contributed by atoms with Crippen molar-refractivity contribution in [2.24, 2.45) is 0 Å². The summed E-state index contributed by atoms with van der Waals surface area (Å²) in [5, 5.41) is 2.66. The molecule has 1 aromatic carbocycles. The number of alkyl carbamates (subject to hydrolysis) is 1. The molecule has 0 heterocycles. The van der Waals surface area contributed by atoms with Gasteiger partial charge in [-0.25, -0.2) is 4.79 Å². The maximum atomic E-state index is 11.8. The second-order valence-corrected chi connectivity index (χ2v) is 6.51. The molecule has 0 aliphatic rings. The zero-order valence-corrected chi connectivity index (χ0v) is 14.8. The Morgan fingerprint density at radius 3 is 2.04 bits per heavy atom. The summed E-state index contributed by atoms with van der Waals surface area (Å²) in [6.45, 7) is 7.63. The Labute approximate surface area is 138 Å². The minimum absolute atomic E-state index is 0.0754. The summed E-state index contributed by atoms with van der Waals surface area (Å²) in [7, 11) is 3.92. The van der Waals surface area contributed by atoms with Gasteiger partial charge in [0.25, 0.3) is 0 Å². The normalized spacial score (nSPS) is 10.9. The van der Waals surface area contributed by atoms with Crippen LogP contribution in [0.2, 0.25) is 0 Å².